The third-order valence-corrected chi connectivity index (χ3v) is 18.7. The van der Waals surface area contributed by atoms with Crippen molar-refractivity contribution < 1.29 is 0 Å². The van der Waals surface area contributed by atoms with Crippen molar-refractivity contribution in [2.75, 3.05) is 43.4 Å². The fourth-order valence-electron chi connectivity index (χ4n) is 13.4. The molecule has 2 fully saturated rings. The first-order valence-electron chi connectivity index (χ1n) is 43.9. The van der Waals surface area contributed by atoms with E-state index in [2.05, 4.69) is 464 Å². The maximum atomic E-state index is 4.20. The Hall–Kier alpha value is -6.93. The number of hydrogen-bond donors (Lipinski definition) is 7. The summed E-state index contributed by atoms with van der Waals surface area (Å²) in [5, 5.41) is 29.1. The van der Waals surface area contributed by atoms with Gasteiger partial charge in [-0.25, -0.2) is 0 Å². The second kappa shape index (κ2) is 49.6. The van der Waals surface area contributed by atoms with E-state index in [1.54, 1.807) is 0 Å². The average Bonchev–Trinajstić information content (AvgIpc) is 1.61. The molecule has 1 aliphatic heterocycles. The molecule has 1 unspecified atom stereocenters. The molecule has 11 heteroatoms. The minimum Gasteiger partial charge on any atom is -0.380 e. The van der Waals surface area contributed by atoms with Gasteiger partial charge in [-0.05, 0) is 318 Å². The molecule has 10 rings (SSSR count). The van der Waals surface area contributed by atoms with Gasteiger partial charge < -0.3 is 42.1 Å². The van der Waals surface area contributed by atoms with Crippen LogP contribution < -0.4 is 37.2 Å². The molecule has 1 saturated carbocycles. The number of benzene rings is 7. The molecule has 0 radical (unpaired) electrons. The summed E-state index contributed by atoms with van der Waals surface area (Å²) in [6.45, 7) is 90.8. The van der Waals surface area contributed by atoms with Crippen LogP contribution in [-0.4, -0.2) is 97.1 Å². The third kappa shape index (κ3) is 48.2. The van der Waals surface area contributed by atoms with Gasteiger partial charge in [0.2, 0.25) is 0 Å². The highest BCUT2D eigenvalue weighted by molar-refractivity contribution is 5.62. The minimum absolute atomic E-state index is 0.0198. The fourth-order valence-corrected chi connectivity index (χ4v) is 13.4. The summed E-state index contributed by atoms with van der Waals surface area (Å²) in [4.78, 5) is 5.06. The van der Waals surface area contributed by atoms with Crippen LogP contribution in [0.15, 0.2) is 182 Å². The van der Waals surface area contributed by atoms with Gasteiger partial charge in [0, 0.05) is 130 Å². The summed E-state index contributed by atoms with van der Waals surface area (Å²) in [7, 11) is 1.94. The van der Waals surface area contributed by atoms with Crippen LogP contribution in [0.5, 0.6) is 0 Å². The smallest absolute Gasteiger partial charge is 0.0568 e. The van der Waals surface area contributed by atoms with E-state index in [0.717, 1.165) is 11.6 Å². The molecule has 8 aromatic rings. The Bertz CT molecular complexity index is 3730. The number of rotatable bonds is 15. The van der Waals surface area contributed by atoms with Crippen LogP contribution in [0.2, 0.25) is 0 Å². The SMILES string of the molecule is CC.CC.CC(NC(C)(C)C)c1ccc(-c2cnn(C)c2)cc1.CCN1CCN(C(C)C)CC1.Cc1ccc(C(C)(C)NC(C)(C)C)cc1.Cc1ccc(C2(NC(C)(C)C)CC2)cc1.Cc1ccc(NC(C)(C)C)cc1.Cc1ccc([C@@H](C)NC(C)(C)C)cc1.Cc1ccc([C@H](C)NC(C)(C)C)cc1.Cc1cccc(NC(C)(C)C)c1. The van der Waals surface area contributed by atoms with Crippen LogP contribution in [-0.2, 0) is 18.1 Å². The van der Waals surface area contributed by atoms with E-state index in [1.165, 1.54) is 124 Å². The quantitative estimate of drug-likeness (QED) is 0.0536. The van der Waals surface area contributed by atoms with Crippen molar-refractivity contribution in [2.24, 2.45) is 7.05 Å². The van der Waals surface area contributed by atoms with Crippen molar-refractivity contribution in [3.8, 4) is 11.1 Å². The maximum absolute atomic E-state index is 4.20. The van der Waals surface area contributed by atoms with E-state index >= 15 is 0 Å². The van der Waals surface area contributed by atoms with E-state index in [0.29, 0.717) is 18.1 Å². The molecule has 0 spiro atoms. The topological polar surface area (TPSA) is 109 Å². The van der Waals surface area contributed by atoms with Gasteiger partial charge in [-0.2, -0.15) is 5.10 Å². The molecule has 0 amide bonds. The summed E-state index contributed by atoms with van der Waals surface area (Å²) in [5.74, 6) is 0. The summed E-state index contributed by atoms with van der Waals surface area (Å²) >= 11 is 0. The Morgan fingerprint density at radius 1 is 0.379 bits per heavy atom. The van der Waals surface area contributed by atoms with E-state index in [-0.39, 0.29) is 49.9 Å². The van der Waals surface area contributed by atoms with E-state index in [1.807, 2.05) is 51.8 Å². The van der Waals surface area contributed by atoms with Crippen LogP contribution in [0.3, 0.4) is 0 Å². The lowest BCUT2D eigenvalue weighted by atomic mass is 9.90. The largest absolute Gasteiger partial charge is 0.380 e. The van der Waals surface area contributed by atoms with Gasteiger partial charge in [0.1, 0.15) is 0 Å². The van der Waals surface area contributed by atoms with Crippen LogP contribution in [0.25, 0.3) is 11.1 Å². The zero-order valence-corrected chi connectivity index (χ0v) is 81.9. The van der Waals surface area contributed by atoms with Crippen molar-refractivity contribution in [3.63, 3.8) is 0 Å². The highest BCUT2D eigenvalue weighted by Gasteiger charge is 2.46. The van der Waals surface area contributed by atoms with Crippen molar-refractivity contribution in [1.29, 1.82) is 0 Å². The number of aryl methyl sites for hydroxylation is 7. The van der Waals surface area contributed by atoms with Crippen LogP contribution in [0, 0.1) is 41.5 Å². The number of piperazine rings is 1. The van der Waals surface area contributed by atoms with Gasteiger partial charge in [-0.3, -0.25) is 9.58 Å². The molecule has 7 aromatic carbocycles. The first-order valence-corrected chi connectivity index (χ1v) is 43.9. The molecule has 116 heavy (non-hydrogen) atoms. The van der Waals surface area contributed by atoms with Gasteiger partial charge in [0.25, 0.3) is 0 Å². The number of aromatic nitrogens is 2. The van der Waals surface area contributed by atoms with Gasteiger partial charge in [0.15, 0.2) is 0 Å². The third-order valence-electron chi connectivity index (χ3n) is 18.7. The fraction of sp³-hybridized carbons (Fsp3) is 0.571. The maximum Gasteiger partial charge on any atom is 0.0568 e. The van der Waals surface area contributed by atoms with Crippen molar-refractivity contribution >= 4 is 11.4 Å². The zero-order valence-electron chi connectivity index (χ0n) is 81.9. The molecular weight excluding hydrogens is 1420 g/mol. The molecule has 1 aliphatic carbocycles. The monoisotopic (exact) mass is 1590 g/mol. The summed E-state index contributed by atoms with van der Waals surface area (Å²) in [6.07, 6.45) is 6.47. The number of anilines is 2. The molecule has 0 bridgehead atoms. The first-order chi connectivity index (χ1) is 53.4. The lowest BCUT2D eigenvalue weighted by Gasteiger charge is -2.36. The zero-order chi connectivity index (χ0) is 89.0. The molecular formula is C105H175N11. The Morgan fingerprint density at radius 3 is 1.04 bits per heavy atom. The second-order valence-corrected chi connectivity index (χ2v) is 39.9. The average molecular weight is 1590 g/mol. The molecule has 2 aliphatic rings. The normalized spacial score (nSPS) is 14.4. The highest BCUT2D eigenvalue weighted by atomic mass is 15.3. The number of hydrogen-bond acceptors (Lipinski definition) is 10. The first kappa shape index (κ1) is 107. The van der Waals surface area contributed by atoms with Crippen LogP contribution in [0.1, 0.15) is 321 Å². The molecule has 1 saturated heterocycles. The predicted octanol–water partition coefficient (Wildman–Crippen LogP) is 26.9. The molecule has 11 nitrogen and oxygen atoms in total. The summed E-state index contributed by atoms with van der Waals surface area (Å²) in [5.41, 5.74) is 20.8. The van der Waals surface area contributed by atoms with Gasteiger partial charge in [0.05, 0.1) is 6.20 Å². The molecule has 3 atom stereocenters. The van der Waals surface area contributed by atoms with Crippen LogP contribution in [0.4, 0.5) is 11.4 Å². The van der Waals surface area contributed by atoms with E-state index < -0.39 is 0 Å². The van der Waals surface area contributed by atoms with Gasteiger partial charge >= 0.3 is 0 Å². The van der Waals surface area contributed by atoms with E-state index in [4.69, 9.17) is 0 Å². The number of nitrogens with one attached hydrogen (secondary N) is 7. The standard InChI is InChI=1S/C16H23N3.C14H21N.C14H23N.2C13H21N.2C11H17N.C9H20N2.2C2H6/c1-12(18-16(2,3)4)13-6-8-14(9-7-13)15-10-17-19(5)11-15;1-11-5-7-12(8-6-11)14(9-10-14)15-13(2,3)4;1-11-7-9-12(10-8-11)14(5,6)15-13(2,3)4;2*1-10-6-8-12(9-7-10)11(2)14-13(3,4)5;1-9-5-7-10(8-6-9)12-11(2,3)4;1-9-6-5-7-10(8-9)12-11(2,3)4;1-4-10-5-7-11(8-6-10)9(2)3;2*1-2/h6-12,18H,1-5H3;5-8,15H,9-10H2,1-4H3;7-10,15H,1-6H3;2*6-9,11,14H,1-5H3;2*5-8,12H,1-4H3;9H,4-8H2,1-3H3;2*1-2H3/t;;;2*11-;;;;;/m...10...../s1. The van der Waals surface area contributed by atoms with Crippen molar-refractivity contribution in [1.82, 2.24) is 46.2 Å². The Labute approximate surface area is 715 Å². The molecule has 2 heterocycles. The van der Waals surface area contributed by atoms with Crippen molar-refractivity contribution in [3.05, 3.63) is 243 Å². The van der Waals surface area contributed by atoms with Crippen molar-refractivity contribution in [2.45, 2.75) is 357 Å². The number of likely N-dealkylation sites (N-methyl/N-ethyl adjacent to an activating group) is 1. The Balaban J connectivity index is 0.000000662. The predicted molar refractivity (Wildman–Crippen MR) is 518 cm³/mol. The van der Waals surface area contributed by atoms with E-state index in [9.17, 15) is 0 Å². The lowest BCUT2D eigenvalue weighted by molar-refractivity contribution is 0.112. The van der Waals surface area contributed by atoms with Crippen LogP contribution >= 0.6 is 0 Å². The van der Waals surface area contributed by atoms with Gasteiger partial charge in [-0.15, -0.1) is 0 Å². The molecule has 650 valence electrons. The Kier molecular flexibility index (Phi) is 45.8. The summed E-state index contributed by atoms with van der Waals surface area (Å²) in [6, 6.07) is 62.6. The number of nitrogens with zero attached hydrogens (tertiary/aromatic N) is 4. The highest BCUT2D eigenvalue weighted by Crippen LogP contribution is 2.47. The molecule has 7 N–H and O–H groups in total. The summed E-state index contributed by atoms with van der Waals surface area (Å²) < 4.78 is 1.83. The second-order valence-electron chi connectivity index (χ2n) is 39.9. The van der Waals surface area contributed by atoms with Gasteiger partial charge in [-0.1, -0.05) is 208 Å². The molecule has 1 aromatic heterocycles. The lowest BCUT2D eigenvalue weighted by Crippen LogP contribution is -2.48. The Morgan fingerprint density at radius 2 is 0.733 bits per heavy atom. The minimum atomic E-state index is 0.0198.